The first kappa shape index (κ1) is 27.3. The van der Waals surface area contributed by atoms with Crippen molar-refractivity contribution >= 4 is 0 Å². The zero-order chi connectivity index (χ0) is 26.7. The second-order valence-corrected chi connectivity index (χ2v) is 10.4. The molecule has 194 valence electrons. The third kappa shape index (κ3) is 7.64. The first-order valence-corrected chi connectivity index (χ1v) is 13.5. The number of benzene rings is 4. The van der Waals surface area contributed by atoms with Crippen LogP contribution in [0.2, 0.25) is 0 Å². The summed E-state index contributed by atoms with van der Waals surface area (Å²) in [5, 5.41) is 8.13. The lowest BCUT2D eigenvalue weighted by molar-refractivity contribution is 0.329. The van der Waals surface area contributed by atoms with Gasteiger partial charge in [-0.2, -0.15) is 0 Å². The molecule has 0 saturated heterocycles. The van der Waals surface area contributed by atoms with Crippen molar-refractivity contribution in [1.29, 1.82) is 0 Å². The highest BCUT2D eigenvalue weighted by molar-refractivity contribution is 5.34. The van der Waals surface area contributed by atoms with Crippen molar-refractivity contribution in [1.82, 2.24) is 10.6 Å². The van der Waals surface area contributed by atoms with Crippen molar-refractivity contribution in [2.45, 2.75) is 50.9 Å². The number of hydrogen-bond acceptors (Lipinski definition) is 2. The largest absolute Gasteiger partial charge is 0.302 e. The first-order valence-electron chi connectivity index (χ1n) is 13.5. The Morgan fingerprint density at radius 1 is 0.474 bits per heavy atom. The molecule has 0 aliphatic carbocycles. The van der Waals surface area contributed by atoms with E-state index in [4.69, 9.17) is 0 Å². The van der Waals surface area contributed by atoms with Gasteiger partial charge in [0, 0.05) is 12.1 Å². The molecule has 0 aliphatic heterocycles. The lowest BCUT2D eigenvalue weighted by Gasteiger charge is -2.36. The molecule has 0 spiro atoms. The number of nitrogens with one attached hydrogen (secondary N) is 2. The Bertz CT molecular complexity index is 1080. The van der Waals surface area contributed by atoms with Gasteiger partial charge >= 0.3 is 0 Å². The monoisotopic (exact) mass is 500 g/mol. The molecular formula is C36H40N2. The average Bonchev–Trinajstić information content (AvgIpc) is 2.95. The van der Waals surface area contributed by atoms with Crippen LogP contribution in [0.1, 0.15) is 61.0 Å². The summed E-state index contributed by atoms with van der Waals surface area (Å²) < 4.78 is 0. The Morgan fingerprint density at radius 2 is 0.711 bits per heavy atom. The SMILES string of the molecule is C=C(C)CC(NC(c1ccccc1)c1ccccc1)C(CC(=C)C)NC(c1ccccc1)c1ccccc1. The van der Waals surface area contributed by atoms with E-state index in [2.05, 4.69) is 159 Å². The minimum absolute atomic E-state index is 0.0584. The predicted molar refractivity (Wildman–Crippen MR) is 162 cm³/mol. The fraction of sp³-hybridized carbons (Fsp3) is 0.222. The van der Waals surface area contributed by atoms with Gasteiger partial charge in [0.15, 0.2) is 0 Å². The Labute approximate surface area is 229 Å². The van der Waals surface area contributed by atoms with Crippen LogP contribution in [-0.2, 0) is 0 Å². The molecule has 0 saturated carbocycles. The summed E-state index contributed by atoms with van der Waals surface area (Å²) >= 11 is 0. The van der Waals surface area contributed by atoms with Gasteiger partial charge in [-0.3, -0.25) is 0 Å². The van der Waals surface area contributed by atoms with Crippen molar-refractivity contribution in [3.05, 3.63) is 168 Å². The summed E-state index contributed by atoms with van der Waals surface area (Å²) in [5.74, 6) is 0. The van der Waals surface area contributed by atoms with Crippen molar-refractivity contribution in [2.24, 2.45) is 0 Å². The van der Waals surface area contributed by atoms with Crippen LogP contribution in [0, 0.1) is 0 Å². The maximum Gasteiger partial charge on any atom is 0.0579 e. The van der Waals surface area contributed by atoms with Gasteiger partial charge in [0.05, 0.1) is 12.1 Å². The fourth-order valence-electron chi connectivity index (χ4n) is 5.17. The van der Waals surface area contributed by atoms with Crippen LogP contribution < -0.4 is 10.6 Å². The highest BCUT2D eigenvalue weighted by Crippen LogP contribution is 2.28. The van der Waals surface area contributed by atoms with Crippen LogP contribution in [-0.4, -0.2) is 12.1 Å². The van der Waals surface area contributed by atoms with Crippen LogP contribution in [0.25, 0.3) is 0 Å². The normalized spacial score (nSPS) is 12.8. The molecule has 0 heterocycles. The number of rotatable bonds is 13. The van der Waals surface area contributed by atoms with Crippen LogP contribution in [0.5, 0.6) is 0 Å². The molecule has 4 aromatic carbocycles. The van der Waals surface area contributed by atoms with E-state index in [0.717, 1.165) is 24.0 Å². The van der Waals surface area contributed by atoms with E-state index in [1.165, 1.54) is 22.3 Å². The van der Waals surface area contributed by atoms with E-state index < -0.39 is 0 Å². The lowest BCUT2D eigenvalue weighted by Crippen LogP contribution is -2.50. The third-order valence-corrected chi connectivity index (χ3v) is 6.92. The summed E-state index contributed by atoms with van der Waals surface area (Å²) in [6.07, 6.45) is 1.72. The molecule has 2 atom stereocenters. The molecule has 0 bridgehead atoms. The van der Waals surface area contributed by atoms with Gasteiger partial charge in [-0.1, -0.05) is 132 Å². The van der Waals surface area contributed by atoms with Gasteiger partial charge in [0.25, 0.3) is 0 Å². The molecule has 2 N–H and O–H groups in total. The summed E-state index contributed by atoms with van der Waals surface area (Å²) in [5.41, 5.74) is 7.33. The molecule has 4 aromatic rings. The van der Waals surface area contributed by atoms with E-state index in [9.17, 15) is 0 Å². The van der Waals surface area contributed by atoms with Gasteiger partial charge in [0.2, 0.25) is 0 Å². The van der Waals surface area contributed by atoms with Crippen LogP contribution in [0.15, 0.2) is 146 Å². The van der Waals surface area contributed by atoms with Gasteiger partial charge in [-0.15, -0.1) is 13.2 Å². The Kier molecular flexibility index (Phi) is 9.86. The zero-order valence-electron chi connectivity index (χ0n) is 22.7. The number of hydrogen-bond donors (Lipinski definition) is 2. The smallest absolute Gasteiger partial charge is 0.0579 e. The predicted octanol–water partition coefficient (Wildman–Crippen LogP) is 8.41. The topological polar surface area (TPSA) is 24.1 Å². The van der Waals surface area contributed by atoms with Gasteiger partial charge in [-0.05, 0) is 48.9 Å². The summed E-state index contributed by atoms with van der Waals surface area (Å²) in [6.45, 7) is 12.9. The molecule has 2 heteroatoms. The van der Waals surface area contributed by atoms with E-state index in [0.29, 0.717) is 0 Å². The quantitative estimate of drug-likeness (QED) is 0.180. The Balaban J connectivity index is 1.73. The van der Waals surface area contributed by atoms with Gasteiger partial charge in [0.1, 0.15) is 0 Å². The molecule has 0 amide bonds. The molecule has 0 radical (unpaired) electrons. The average molecular weight is 501 g/mol. The molecule has 4 rings (SSSR count). The first-order chi connectivity index (χ1) is 18.5. The summed E-state index contributed by atoms with van der Waals surface area (Å²) in [6, 6.07) is 43.3. The Morgan fingerprint density at radius 3 is 0.921 bits per heavy atom. The molecular weight excluding hydrogens is 460 g/mol. The standard InChI is InChI=1S/C36H40N2/c1-27(2)25-33(37-35(29-17-9-5-10-18-29)30-19-11-6-12-20-30)34(26-28(3)4)38-36(31-21-13-7-14-22-31)32-23-15-8-16-24-32/h5-24,33-38H,1,3,25-26H2,2,4H3. The van der Waals surface area contributed by atoms with Crippen molar-refractivity contribution < 1.29 is 0 Å². The fourth-order valence-corrected chi connectivity index (χ4v) is 5.17. The summed E-state index contributed by atoms with van der Waals surface area (Å²) in [4.78, 5) is 0. The zero-order valence-corrected chi connectivity index (χ0v) is 22.7. The molecule has 2 unspecified atom stereocenters. The van der Waals surface area contributed by atoms with Crippen LogP contribution >= 0.6 is 0 Å². The third-order valence-electron chi connectivity index (χ3n) is 6.92. The van der Waals surface area contributed by atoms with E-state index in [-0.39, 0.29) is 24.2 Å². The highest BCUT2D eigenvalue weighted by atomic mass is 15.1. The Hall–Kier alpha value is -3.72. The molecule has 0 fully saturated rings. The maximum absolute atomic E-state index is 4.31. The van der Waals surface area contributed by atoms with Gasteiger partial charge < -0.3 is 10.6 Å². The lowest BCUT2D eigenvalue weighted by atomic mass is 9.89. The van der Waals surface area contributed by atoms with E-state index in [1.807, 2.05) is 0 Å². The van der Waals surface area contributed by atoms with Crippen LogP contribution in [0.3, 0.4) is 0 Å². The van der Waals surface area contributed by atoms with E-state index in [1.54, 1.807) is 0 Å². The minimum atomic E-state index is 0.0584. The maximum atomic E-state index is 4.31. The van der Waals surface area contributed by atoms with Gasteiger partial charge in [-0.25, -0.2) is 0 Å². The molecule has 0 aromatic heterocycles. The van der Waals surface area contributed by atoms with Crippen molar-refractivity contribution in [2.75, 3.05) is 0 Å². The second-order valence-electron chi connectivity index (χ2n) is 10.4. The van der Waals surface area contributed by atoms with Crippen molar-refractivity contribution in [3.63, 3.8) is 0 Å². The van der Waals surface area contributed by atoms with E-state index >= 15 is 0 Å². The van der Waals surface area contributed by atoms with Crippen molar-refractivity contribution in [3.8, 4) is 0 Å². The second kappa shape index (κ2) is 13.7. The summed E-state index contributed by atoms with van der Waals surface area (Å²) in [7, 11) is 0. The molecule has 38 heavy (non-hydrogen) atoms. The molecule has 2 nitrogen and oxygen atoms in total. The van der Waals surface area contributed by atoms with Crippen LogP contribution in [0.4, 0.5) is 0 Å². The molecule has 0 aliphatic rings. The minimum Gasteiger partial charge on any atom is -0.302 e. The highest BCUT2D eigenvalue weighted by Gasteiger charge is 2.29.